The van der Waals surface area contributed by atoms with Crippen molar-refractivity contribution in [3.63, 3.8) is 0 Å². The van der Waals surface area contributed by atoms with Crippen LogP contribution in [0, 0.1) is 0 Å². The maximum Gasteiger partial charge on any atom is 0.334 e. The van der Waals surface area contributed by atoms with Crippen LogP contribution in [0.25, 0.3) is 5.76 Å². The van der Waals surface area contributed by atoms with E-state index in [1.165, 1.54) is 12.1 Å². The summed E-state index contributed by atoms with van der Waals surface area (Å²) in [6, 6.07) is 7.57. The summed E-state index contributed by atoms with van der Waals surface area (Å²) in [5.41, 5.74) is 5.30. The fourth-order valence-corrected chi connectivity index (χ4v) is 2.46. The Labute approximate surface area is 166 Å². The van der Waals surface area contributed by atoms with E-state index in [1.54, 1.807) is 18.2 Å². The molecule has 154 valence electrons. The van der Waals surface area contributed by atoms with E-state index in [9.17, 15) is 19.5 Å². The number of furan rings is 1. The third-order valence-corrected chi connectivity index (χ3v) is 3.78. The second-order valence-corrected chi connectivity index (χ2v) is 5.84. The van der Waals surface area contributed by atoms with Gasteiger partial charge in [0, 0.05) is 30.7 Å². The van der Waals surface area contributed by atoms with Gasteiger partial charge in [-0.25, -0.2) is 4.79 Å². The molecule has 3 rings (SSSR count). The molecule has 0 saturated carbocycles. The molecule has 0 fully saturated rings. The quantitative estimate of drug-likeness (QED) is 0.202. The van der Waals surface area contributed by atoms with Gasteiger partial charge in [0.05, 0.1) is 24.9 Å². The Morgan fingerprint density at radius 2 is 1.69 bits per heavy atom. The lowest BCUT2D eigenvalue weighted by molar-refractivity contribution is -0.138. The number of ketones is 2. The number of nitrogens with two attached hydrogens (primary N) is 1. The van der Waals surface area contributed by atoms with E-state index in [2.05, 4.69) is 0 Å². The van der Waals surface area contributed by atoms with Crippen molar-refractivity contribution in [3.05, 3.63) is 64.6 Å². The average molecular weight is 403 g/mol. The van der Waals surface area contributed by atoms with E-state index >= 15 is 0 Å². The van der Waals surface area contributed by atoms with Crippen molar-refractivity contribution in [2.45, 2.75) is 6.42 Å². The zero-order valence-corrected chi connectivity index (χ0v) is 15.5. The second kappa shape index (κ2) is 10.3. The zero-order chi connectivity index (χ0) is 21.4. The number of benzene rings is 1. The van der Waals surface area contributed by atoms with Crippen molar-refractivity contribution >= 4 is 23.3 Å². The molecule has 0 radical (unpaired) electrons. The molecule has 0 saturated heterocycles. The molecular formula is C20H21NO8. The molecule has 0 spiro atoms. The summed E-state index contributed by atoms with van der Waals surface area (Å²) in [6.45, 7) is 0.346. The van der Waals surface area contributed by atoms with E-state index < -0.39 is 23.3 Å². The fraction of sp³-hybridized carbons (Fsp3) is 0.250. The van der Waals surface area contributed by atoms with E-state index in [1.807, 2.05) is 0 Å². The van der Waals surface area contributed by atoms with Gasteiger partial charge in [-0.05, 0) is 6.07 Å². The number of hydrogen-bond donors (Lipinski definition) is 4. The van der Waals surface area contributed by atoms with Crippen molar-refractivity contribution < 1.29 is 38.9 Å². The van der Waals surface area contributed by atoms with Gasteiger partial charge < -0.3 is 30.2 Å². The normalized spacial score (nSPS) is 12.6. The molecular weight excluding hydrogens is 382 g/mol. The summed E-state index contributed by atoms with van der Waals surface area (Å²) >= 11 is 0. The number of aliphatic hydroxyl groups excluding tert-OH is 3. The molecule has 0 amide bonds. The van der Waals surface area contributed by atoms with Gasteiger partial charge in [-0.15, -0.1) is 0 Å². The van der Waals surface area contributed by atoms with E-state index in [0.717, 1.165) is 6.08 Å². The molecule has 0 aliphatic heterocycles. The maximum atomic E-state index is 12.5. The minimum absolute atomic E-state index is 0.0000490. The van der Waals surface area contributed by atoms with Crippen molar-refractivity contribution in [1.82, 2.24) is 0 Å². The molecule has 0 bridgehead atoms. The number of carbonyl (C=O) groups is 3. The van der Waals surface area contributed by atoms with Gasteiger partial charge in [0.2, 0.25) is 5.78 Å². The van der Waals surface area contributed by atoms with Crippen molar-refractivity contribution in [1.29, 1.82) is 0 Å². The van der Waals surface area contributed by atoms with Crippen LogP contribution in [-0.2, 0) is 9.53 Å². The van der Waals surface area contributed by atoms with Crippen LogP contribution < -0.4 is 5.73 Å². The summed E-state index contributed by atoms with van der Waals surface area (Å²) in [5, 5.41) is 26.4. The molecule has 5 N–H and O–H groups in total. The molecule has 2 aromatic rings. The molecule has 1 heterocycles. The smallest absolute Gasteiger partial charge is 0.334 e. The number of ether oxygens (including phenoxy) is 1. The summed E-state index contributed by atoms with van der Waals surface area (Å²) < 4.78 is 10.1. The Bertz CT molecular complexity index is 874. The lowest BCUT2D eigenvalue weighted by Gasteiger charge is -2.11. The van der Waals surface area contributed by atoms with E-state index in [-0.39, 0.29) is 54.5 Å². The summed E-state index contributed by atoms with van der Waals surface area (Å²) in [6.07, 6.45) is 1.06. The van der Waals surface area contributed by atoms with Gasteiger partial charge in [-0.1, -0.05) is 24.3 Å². The number of carbonyl (C=O) groups excluding carboxylic acids is 3. The highest BCUT2D eigenvalue weighted by Crippen LogP contribution is 2.31. The number of fused-ring (bicyclic) bond motifs is 2. The molecule has 0 atom stereocenters. The maximum absolute atomic E-state index is 12.5. The fourth-order valence-electron chi connectivity index (χ4n) is 2.46. The van der Waals surface area contributed by atoms with Gasteiger partial charge >= 0.3 is 5.97 Å². The SMILES string of the molecule is NCCO.O=C(/C=C(\O)c1cc2c(o1)C(=O)c1ccccc1C2=O)OCCCO. The molecule has 1 aromatic carbocycles. The third-order valence-electron chi connectivity index (χ3n) is 3.78. The van der Waals surface area contributed by atoms with Crippen molar-refractivity contribution in [3.8, 4) is 0 Å². The lowest BCUT2D eigenvalue weighted by atomic mass is 9.88. The Morgan fingerprint density at radius 3 is 2.28 bits per heavy atom. The van der Waals surface area contributed by atoms with Crippen LogP contribution in [-0.4, -0.2) is 59.2 Å². The highest BCUT2D eigenvalue weighted by molar-refractivity contribution is 6.27. The van der Waals surface area contributed by atoms with E-state index in [0.29, 0.717) is 6.54 Å². The highest BCUT2D eigenvalue weighted by atomic mass is 16.5. The van der Waals surface area contributed by atoms with Crippen LogP contribution >= 0.6 is 0 Å². The molecule has 0 unspecified atom stereocenters. The molecule has 29 heavy (non-hydrogen) atoms. The third kappa shape index (κ3) is 5.17. The number of rotatable bonds is 6. The molecule has 9 heteroatoms. The van der Waals surface area contributed by atoms with Crippen molar-refractivity contribution in [2.75, 3.05) is 26.4 Å². The van der Waals surface area contributed by atoms with Crippen LogP contribution in [0.1, 0.15) is 44.2 Å². The van der Waals surface area contributed by atoms with E-state index in [4.69, 9.17) is 25.1 Å². The van der Waals surface area contributed by atoms with Crippen LogP contribution in [0.2, 0.25) is 0 Å². The first kappa shape index (κ1) is 22.0. The topological polar surface area (TPSA) is 160 Å². The van der Waals surface area contributed by atoms with Crippen LogP contribution in [0.5, 0.6) is 0 Å². The first-order valence-corrected chi connectivity index (χ1v) is 8.76. The molecule has 9 nitrogen and oxygen atoms in total. The molecule has 1 aliphatic rings. The number of aliphatic hydroxyl groups is 3. The standard InChI is InChI=1S/C18H14O7.C2H7NO/c19-6-3-7-24-15(21)9-13(20)14-8-12-16(22)10-4-1-2-5-11(10)17(23)18(12)25-14;3-1-2-4/h1-2,4-5,8-9,19-20H,3,6-7H2;4H,1-3H2/b13-9-;. The van der Waals surface area contributed by atoms with Crippen LogP contribution in [0.3, 0.4) is 0 Å². The lowest BCUT2D eigenvalue weighted by Crippen LogP contribution is -2.18. The van der Waals surface area contributed by atoms with Gasteiger partial charge in [-0.2, -0.15) is 0 Å². The number of hydrogen-bond acceptors (Lipinski definition) is 9. The van der Waals surface area contributed by atoms with Crippen LogP contribution in [0.4, 0.5) is 0 Å². The van der Waals surface area contributed by atoms with Gasteiger partial charge in [-0.3, -0.25) is 9.59 Å². The summed E-state index contributed by atoms with van der Waals surface area (Å²) in [5.74, 6) is -2.60. The van der Waals surface area contributed by atoms with Gasteiger partial charge in [0.15, 0.2) is 23.1 Å². The largest absolute Gasteiger partial charge is 0.504 e. The van der Waals surface area contributed by atoms with Crippen molar-refractivity contribution in [2.24, 2.45) is 5.73 Å². The Hall–Kier alpha value is -3.27. The second-order valence-electron chi connectivity index (χ2n) is 5.84. The first-order chi connectivity index (χ1) is 13.9. The predicted molar refractivity (Wildman–Crippen MR) is 101 cm³/mol. The highest BCUT2D eigenvalue weighted by Gasteiger charge is 2.33. The predicted octanol–water partition coefficient (Wildman–Crippen LogP) is 0.817. The summed E-state index contributed by atoms with van der Waals surface area (Å²) in [4.78, 5) is 36.4. The van der Waals surface area contributed by atoms with Gasteiger partial charge in [0.1, 0.15) is 0 Å². The Balaban J connectivity index is 0.000000687. The Kier molecular flexibility index (Phi) is 7.84. The monoisotopic (exact) mass is 403 g/mol. The minimum atomic E-state index is -0.832. The molecule has 1 aliphatic carbocycles. The minimum Gasteiger partial charge on any atom is -0.504 e. The molecule has 1 aromatic heterocycles. The van der Waals surface area contributed by atoms with Gasteiger partial charge in [0.25, 0.3) is 0 Å². The number of esters is 1. The Morgan fingerprint density at radius 1 is 1.07 bits per heavy atom. The van der Waals surface area contributed by atoms with Crippen LogP contribution in [0.15, 0.2) is 40.8 Å². The zero-order valence-electron chi connectivity index (χ0n) is 15.5. The average Bonchev–Trinajstić information content (AvgIpc) is 3.18. The first-order valence-electron chi connectivity index (χ1n) is 8.76. The summed E-state index contributed by atoms with van der Waals surface area (Å²) in [7, 11) is 0.